The van der Waals surface area contributed by atoms with E-state index in [0.29, 0.717) is 38.0 Å². The van der Waals surface area contributed by atoms with Gasteiger partial charge < -0.3 is 10.6 Å². The molecule has 1 amide bonds. The number of piperazine rings is 1. The Hall–Kier alpha value is -0.530. The lowest BCUT2D eigenvalue weighted by atomic mass is 9.85. The van der Waals surface area contributed by atoms with Crippen LogP contribution in [0.25, 0.3) is 0 Å². The van der Waals surface area contributed by atoms with Crippen LogP contribution in [0, 0.1) is 17.8 Å². The van der Waals surface area contributed by atoms with E-state index < -0.39 is 12.2 Å². The molecule has 0 aromatic carbocycles. The molecule has 1 heterocycles. The third-order valence-electron chi connectivity index (χ3n) is 5.87. The first kappa shape index (κ1) is 20.8. The second kappa shape index (κ2) is 8.91. The van der Waals surface area contributed by atoms with E-state index in [9.17, 15) is 18.0 Å². The Morgan fingerprint density at radius 1 is 1.16 bits per heavy atom. The number of alkyl halides is 3. The highest BCUT2D eigenvalue weighted by atomic mass is 35.5. The average Bonchev–Trinajstić information content (AvgIpc) is 3.36. The molecule has 25 heavy (non-hydrogen) atoms. The Morgan fingerprint density at radius 3 is 2.40 bits per heavy atom. The monoisotopic (exact) mass is 383 g/mol. The van der Waals surface area contributed by atoms with Crippen LogP contribution in [0.1, 0.15) is 38.5 Å². The van der Waals surface area contributed by atoms with E-state index in [0.717, 1.165) is 6.42 Å². The van der Waals surface area contributed by atoms with E-state index in [2.05, 4.69) is 10.6 Å². The first-order chi connectivity index (χ1) is 11.5. The van der Waals surface area contributed by atoms with E-state index in [1.54, 1.807) is 0 Å². The van der Waals surface area contributed by atoms with Crippen molar-refractivity contribution in [2.45, 2.75) is 50.7 Å². The van der Waals surface area contributed by atoms with Crippen molar-refractivity contribution in [2.75, 3.05) is 32.7 Å². The summed E-state index contributed by atoms with van der Waals surface area (Å²) >= 11 is 0. The van der Waals surface area contributed by atoms with E-state index in [-0.39, 0.29) is 30.8 Å². The second-order valence-corrected chi connectivity index (χ2v) is 7.49. The zero-order chi connectivity index (χ0) is 17.2. The van der Waals surface area contributed by atoms with Crippen LogP contribution < -0.4 is 10.6 Å². The largest absolute Gasteiger partial charge is 0.405 e. The summed E-state index contributed by atoms with van der Waals surface area (Å²) in [6, 6.07) is -1.57. The molecule has 1 aliphatic heterocycles. The molecule has 146 valence electrons. The second-order valence-electron chi connectivity index (χ2n) is 7.49. The quantitative estimate of drug-likeness (QED) is 0.767. The average molecular weight is 384 g/mol. The summed E-state index contributed by atoms with van der Waals surface area (Å²) < 4.78 is 40.0. The van der Waals surface area contributed by atoms with Crippen molar-refractivity contribution >= 4 is 18.3 Å². The van der Waals surface area contributed by atoms with E-state index in [4.69, 9.17) is 0 Å². The lowest BCUT2D eigenvalue weighted by Crippen LogP contribution is -2.57. The van der Waals surface area contributed by atoms with Gasteiger partial charge in [0.1, 0.15) is 6.04 Å². The molecule has 0 bridgehead atoms. The molecular formula is C17H29ClF3N3O. The van der Waals surface area contributed by atoms with Gasteiger partial charge in [-0.15, -0.1) is 12.4 Å². The van der Waals surface area contributed by atoms with Gasteiger partial charge in [0.25, 0.3) is 0 Å². The Bertz CT molecular complexity index is 437. The van der Waals surface area contributed by atoms with Crippen molar-refractivity contribution in [3.8, 4) is 0 Å². The minimum atomic E-state index is -4.31. The van der Waals surface area contributed by atoms with E-state index in [1.165, 1.54) is 37.0 Å². The van der Waals surface area contributed by atoms with Crippen LogP contribution in [0.2, 0.25) is 0 Å². The highest BCUT2D eigenvalue weighted by molar-refractivity contribution is 5.85. The zero-order valence-corrected chi connectivity index (χ0v) is 15.3. The number of nitrogens with one attached hydrogen (secondary N) is 2. The number of hydrogen-bond acceptors (Lipinski definition) is 3. The number of carbonyl (C=O) groups is 1. The minimum Gasteiger partial charge on any atom is -0.354 e. The number of amides is 1. The van der Waals surface area contributed by atoms with E-state index in [1.807, 2.05) is 0 Å². The topological polar surface area (TPSA) is 44.4 Å². The summed E-state index contributed by atoms with van der Waals surface area (Å²) in [5, 5.41) is 5.66. The number of nitrogens with zero attached hydrogens (tertiary/aromatic N) is 1. The fourth-order valence-electron chi connectivity index (χ4n) is 4.37. The molecule has 3 atom stereocenters. The summed E-state index contributed by atoms with van der Waals surface area (Å²) in [5.74, 6) is 0.801. The highest BCUT2D eigenvalue weighted by Crippen LogP contribution is 2.49. The summed E-state index contributed by atoms with van der Waals surface area (Å²) in [7, 11) is 0. The summed E-state index contributed by atoms with van der Waals surface area (Å²) in [4.78, 5) is 13.7. The maximum Gasteiger partial charge on any atom is 0.405 e. The van der Waals surface area contributed by atoms with Crippen LogP contribution in [-0.2, 0) is 4.79 Å². The fourth-order valence-corrected chi connectivity index (χ4v) is 4.37. The SMILES string of the molecule is Cl.O=C(NCC(N1CCNCC1)C(F)(F)F)C1CC1C1CCCCC1. The third kappa shape index (κ3) is 5.47. The van der Waals surface area contributed by atoms with Crippen molar-refractivity contribution in [2.24, 2.45) is 17.8 Å². The molecule has 3 aliphatic rings. The number of rotatable bonds is 5. The standard InChI is InChI=1S/C17H28F3N3O.ClH/c18-17(19,20)15(23-8-6-21-7-9-23)11-22-16(24)14-10-13(14)12-4-2-1-3-5-12;/h12-15,21H,1-11H2,(H,22,24);1H. The first-order valence-electron chi connectivity index (χ1n) is 9.26. The lowest BCUT2D eigenvalue weighted by molar-refractivity contribution is -0.184. The molecule has 2 aliphatic carbocycles. The molecule has 3 rings (SSSR count). The van der Waals surface area contributed by atoms with Crippen LogP contribution in [0.3, 0.4) is 0 Å². The normalized spacial score (nSPS) is 29.6. The van der Waals surface area contributed by atoms with Gasteiger partial charge in [-0.2, -0.15) is 13.2 Å². The van der Waals surface area contributed by atoms with Gasteiger partial charge in [0.2, 0.25) is 5.91 Å². The predicted octanol–water partition coefficient (Wildman–Crippen LogP) is 2.58. The highest BCUT2D eigenvalue weighted by Gasteiger charge is 2.49. The molecule has 3 unspecified atom stereocenters. The van der Waals surface area contributed by atoms with Gasteiger partial charge in [-0.1, -0.05) is 32.1 Å². The van der Waals surface area contributed by atoms with Crippen molar-refractivity contribution in [1.82, 2.24) is 15.5 Å². The Morgan fingerprint density at radius 2 is 1.80 bits per heavy atom. The van der Waals surface area contributed by atoms with Crippen LogP contribution in [0.4, 0.5) is 13.2 Å². The van der Waals surface area contributed by atoms with Gasteiger partial charge >= 0.3 is 6.18 Å². The van der Waals surface area contributed by atoms with Gasteiger partial charge in [0.05, 0.1) is 0 Å². The molecule has 0 spiro atoms. The number of hydrogen-bond donors (Lipinski definition) is 2. The van der Waals surface area contributed by atoms with Gasteiger partial charge in [0, 0.05) is 38.6 Å². The van der Waals surface area contributed by atoms with Crippen molar-refractivity contribution in [1.29, 1.82) is 0 Å². The molecule has 3 fully saturated rings. The summed E-state index contributed by atoms with van der Waals surface area (Å²) in [5.41, 5.74) is 0. The van der Waals surface area contributed by atoms with Gasteiger partial charge in [-0.25, -0.2) is 0 Å². The molecule has 2 saturated carbocycles. The number of carbonyl (C=O) groups excluding carboxylic acids is 1. The van der Waals surface area contributed by atoms with Crippen molar-refractivity contribution < 1.29 is 18.0 Å². The molecule has 2 N–H and O–H groups in total. The minimum absolute atomic E-state index is 0. The number of halogens is 4. The molecular weight excluding hydrogens is 355 g/mol. The van der Waals surface area contributed by atoms with Crippen molar-refractivity contribution in [3.05, 3.63) is 0 Å². The van der Waals surface area contributed by atoms with E-state index >= 15 is 0 Å². The Balaban J connectivity index is 0.00000225. The van der Waals surface area contributed by atoms with Crippen LogP contribution >= 0.6 is 12.4 Å². The Labute approximate surface area is 153 Å². The summed E-state index contributed by atoms with van der Waals surface area (Å²) in [6.07, 6.45) is 2.65. The Kier molecular flexibility index (Phi) is 7.40. The fraction of sp³-hybridized carbons (Fsp3) is 0.941. The van der Waals surface area contributed by atoms with Crippen LogP contribution in [0.5, 0.6) is 0 Å². The zero-order valence-electron chi connectivity index (χ0n) is 14.5. The van der Waals surface area contributed by atoms with Gasteiger partial charge in [-0.3, -0.25) is 9.69 Å². The van der Waals surface area contributed by atoms with Gasteiger partial charge in [0.15, 0.2) is 0 Å². The molecule has 8 heteroatoms. The third-order valence-corrected chi connectivity index (χ3v) is 5.87. The molecule has 0 aromatic rings. The molecule has 1 saturated heterocycles. The predicted molar refractivity (Wildman–Crippen MR) is 92.7 cm³/mol. The maximum atomic E-state index is 13.3. The molecule has 0 radical (unpaired) electrons. The smallest absolute Gasteiger partial charge is 0.354 e. The first-order valence-corrected chi connectivity index (χ1v) is 9.26. The van der Waals surface area contributed by atoms with Crippen LogP contribution in [0.15, 0.2) is 0 Å². The lowest BCUT2D eigenvalue weighted by Gasteiger charge is -2.36. The molecule has 0 aromatic heterocycles. The molecule has 4 nitrogen and oxygen atoms in total. The van der Waals surface area contributed by atoms with Gasteiger partial charge in [-0.05, 0) is 18.3 Å². The van der Waals surface area contributed by atoms with Crippen LogP contribution in [-0.4, -0.2) is 55.7 Å². The van der Waals surface area contributed by atoms with Crippen molar-refractivity contribution in [3.63, 3.8) is 0 Å². The summed E-state index contributed by atoms with van der Waals surface area (Å²) in [6.45, 7) is 1.54. The maximum absolute atomic E-state index is 13.3.